The number of morpholine rings is 1. The second kappa shape index (κ2) is 5.29. The number of hydrogen-bond acceptors (Lipinski definition) is 4. The van der Waals surface area contributed by atoms with Crippen molar-refractivity contribution in [2.45, 2.75) is 6.92 Å². The van der Waals surface area contributed by atoms with Gasteiger partial charge in [-0.05, 0) is 18.6 Å². The van der Waals surface area contributed by atoms with Crippen molar-refractivity contribution in [3.05, 3.63) is 29.3 Å². The van der Waals surface area contributed by atoms with Crippen molar-refractivity contribution in [3.8, 4) is 0 Å². The van der Waals surface area contributed by atoms with Gasteiger partial charge in [0.25, 0.3) is 11.7 Å². The molecule has 6 nitrogen and oxygen atoms in total. The van der Waals surface area contributed by atoms with E-state index < -0.39 is 11.7 Å². The highest BCUT2D eigenvalue weighted by Gasteiger charge is 2.38. The zero-order valence-corrected chi connectivity index (χ0v) is 11.8. The maximum absolute atomic E-state index is 12.3. The third-order valence-electron chi connectivity index (χ3n) is 3.85. The Morgan fingerprint density at radius 3 is 2.67 bits per heavy atom. The van der Waals surface area contributed by atoms with Crippen molar-refractivity contribution in [2.24, 2.45) is 0 Å². The second-order valence-corrected chi connectivity index (χ2v) is 5.18. The smallest absolute Gasteiger partial charge is 0.299 e. The molecule has 0 bridgehead atoms. The molecule has 1 aromatic rings. The predicted octanol–water partition coefficient (Wildman–Crippen LogP) is 0.383. The van der Waals surface area contributed by atoms with Crippen molar-refractivity contribution in [2.75, 3.05) is 37.7 Å². The third kappa shape index (κ3) is 2.31. The highest BCUT2D eigenvalue weighted by molar-refractivity contribution is 6.52. The number of aryl methyl sites for hydroxylation is 1. The summed E-state index contributed by atoms with van der Waals surface area (Å²) >= 11 is 0. The van der Waals surface area contributed by atoms with Crippen LogP contribution in [-0.2, 0) is 14.3 Å². The topological polar surface area (TPSA) is 66.9 Å². The summed E-state index contributed by atoms with van der Waals surface area (Å²) in [7, 11) is 0. The lowest BCUT2D eigenvalue weighted by Crippen LogP contribution is -2.47. The lowest BCUT2D eigenvalue weighted by atomic mass is 10.1. The fourth-order valence-electron chi connectivity index (χ4n) is 2.74. The molecule has 2 heterocycles. The van der Waals surface area contributed by atoms with Gasteiger partial charge >= 0.3 is 0 Å². The fraction of sp³-hybridized carbons (Fsp3) is 0.400. The van der Waals surface area contributed by atoms with Gasteiger partial charge in [0.1, 0.15) is 6.54 Å². The van der Waals surface area contributed by atoms with Gasteiger partial charge in [0.2, 0.25) is 5.91 Å². The number of amides is 2. The van der Waals surface area contributed by atoms with E-state index in [9.17, 15) is 14.4 Å². The molecule has 3 rings (SSSR count). The van der Waals surface area contributed by atoms with Gasteiger partial charge in [0, 0.05) is 13.1 Å². The monoisotopic (exact) mass is 288 g/mol. The minimum absolute atomic E-state index is 0.0948. The summed E-state index contributed by atoms with van der Waals surface area (Å²) in [5.41, 5.74) is 1.77. The number of ether oxygens (including phenoxy) is 1. The minimum Gasteiger partial charge on any atom is -0.378 e. The van der Waals surface area contributed by atoms with E-state index in [0.717, 1.165) is 5.56 Å². The molecular formula is C15H16N2O4. The van der Waals surface area contributed by atoms with Gasteiger partial charge in [-0.25, -0.2) is 0 Å². The van der Waals surface area contributed by atoms with Gasteiger partial charge in [-0.15, -0.1) is 0 Å². The number of carbonyl (C=O) groups is 3. The molecule has 2 aliphatic heterocycles. The molecule has 2 aliphatic rings. The van der Waals surface area contributed by atoms with E-state index in [1.165, 1.54) is 4.90 Å². The quantitative estimate of drug-likeness (QED) is 0.738. The van der Waals surface area contributed by atoms with Crippen molar-refractivity contribution >= 4 is 23.3 Å². The molecule has 1 fully saturated rings. The normalized spacial score (nSPS) is 18.1. The number of Topliss-reactive ketones (excluding diaryl/α,β-unsaturated/α-hetero) is 1. The first-order valence-electron chi connectivity index (χ1n) is 6.91. The molecular weight excluding hydrogens is 272 g/mol. The second-order valence-electron chi connectivity index (χ2n) is 5.18. The molecule has 0 spiro atoms. The van der Waals surface area contributed by atoms with Gasteiger partial charge in [-0.3, -0.25) is 19.3 Å². The summed E-state index contributed by atoms with van der Waals surface area (Å²) in [6.07, 6.45) is 0. The van der Waals surface area contributed by atoms with Crippen LogP contribution in [0.25, 0.3) is 0 Å². The summed E-state index contributed by atoms with van der Waals surface area (Å²) < 4.78 is 5.20. The zero-order valence-electron chi connectivity index (χ0n) is 11.8. The van der Waals surface area contributed by atoms with Crippen LogP contribution in [0.2, 0.25) is 0 Å². The molecule has 21 heavy (non-hydrogen) atoms. The Labute approximate surface area is 122 Å². The van der Waals surface area contributed by atoms with Crippen LogP contribution in [0.15, 0.2) is 18.2 Å². The lowest BCUT2D eigenvalue weighted by molar-refractivity contribution is -0.134. The van der Waals surface area contributed by atoms with Crippen LogP contribution in [0.4, 0.5) is 5.69 Å². The van der Waals surface area contributed by atoms with Crippen LogP contribution in [0.1, 0.15) is 15.9 Å². The van der Waals surface area contributed by atoms with E-state index in [1.807, 2.05) is 13.0 Å². The number of anilines is 1. The number of hydrogen-bond donors (Lipinski definition) is 0. The molecule has 0 N–H and O–H groups in total. The maximum Gasteiger partial charge on any atom is 0.299 e. The number of rotatable bonds is 2. The molecule has 1 saturated heterocycles. The number of ketones is 1. The first-order valence-corrected chi connectivity index (χ1v) is 6.91. The van der Waals surface area contributed by atoms with Crippen LogP contribution >= 0.6 is 0 Å². The average Bonchev–Trinajstić information content (AvgIpc) is 2.74. The number of fused-ring (bicyclic) bond motifs is 1. The zero-order chi connectivity index (χ0) is 15.0. The Hall–Kier alpha value is -2.21. The minimum atomic E-state index is -0.624. The Kier molecular flexibility index (Phi) is 3.47. The number of para-hydroxylation sites is 1. The molecule has 0 aromatic heterocycles. The summed E-state index contributed by atoms with van der Waals surface area (Å²) in [5, 5.41) is 0. The SMILES string of the molecule is Cc1cccc2c1N(CC(=O)N1CCOCC1)C(=O)C2=O. The first kappa shape index (κ1) is 13.8. The molecule has 1 aromatic carbocycles. The summed E-state index contributed by atoms with van der Waals surface area (Å²) in [6, 6.07) is 5.20. The van der Waals surface area contributed by atoms with Crippen molar-refractivity contribution in [1.82, 2.24) is 4.90 Å². The molecule has 0 saturated carbocycles. The number of nitrogens with zero attached hydrogens (tertiary/aromatic N) is 2. The van der Waals surface area contributed by atoms with Gasteiger partial charge in [0.05, 0.1) is 24.5 Å². The Balaban J connectivity index is 1.84. The lowest BCUT2D eigenvalue weighted by Gasteiger charge is -2.29. The largest absolute Gasteiger partial charge is 0.378 e. The van der Waals surface area contributed by atoms with Gasteiger partial charge in [0.15, 0.2) is 0 Å². The van der Waals surface area contributed by atoms with Crippen LogP contribution in [0.5, 0.6) is 0 Å². The predicted molar refractivity (Wildman–Crippen MR) is 75.3 cm³/mol. The number of benzene rings is 1. The Morgan fingerprint density at radius 2 is 1.95 bits per heavy atom. The molecule has 6 heteroatoms. The first-order chi connectivity index (χ1) is 10.1. The van der Waals surface area contributed by atoms with E-state index >= 15 is 0 Å². The van der Waals surface area contributed by atoms with Crippen LogP contribution in [-0.4, -0.2) is 55.3 Å². The van der Waals surface area contributed by atoms with Crippen LogP contribution in [0.3, 0.4) is 0 Å². The van der Waals surface area contributed by atoms with Gasteiger partial charge in [-0.1, -0.05) is 12.1 Å². The summed E-state index contributed by atoms with van der Waals surface area (Å²) in [6.45, 7) is 3.80. The summed E-state index contributed by atoms with van der Waals surface area (Å²) in [5.74, 6) is -1.32. The van der Waals surface area contributed by atoms with Crippen LogP contribution < -0.4 is 4.90 Å². The third-order valence-corrected chi connectivity index (χ3v) is 3.85. The van der Waals surface area contributed by atoms with E-state index in [0.29, 0.717) is 37.6 Å². The molecule has 0 atom stereocenters. The standard InChI is InChI=1S/C15H16N2O4/c1-10-3-2-4-11-13(10)17(15(20)14(11)19)9-12(18)16-5-7-21-8-6-16/h2-4H,5-9H2,1H3. The van der Waals surface area contributed by atoms with Crippen LogP contribution in [0, 0.1) is 6.92 Å². The van der Waals surface area contributed by atoms with E-state index in [2.05, 4.69) is 0 Å². The highest BCUT2D eigenvalue weighted by Crippen LogP contribution is 2.32. The van der Waals surface area contributed by atoms with Crippen molar-refractivity contribution in [3.63, 3.8) is 0 Å². The van der Waals surface area contributed by atoms with E-state index in [4.69, 9.17) is 4.74 Å². The van der Waals surface area contributed by atoms with Gasteiger partial charge < -0.3 is 9.64 Å². The van der Waals surface area contributed by atoms with Crippen molar-refractivity contribution in [1.29, 1.82) is 0 Å². The average molecular weight is 288 g/mol. The maximum atomic E-state index is 12.3. The Bertz CT molecular complexity index is 620. The Morgan fingerprint density at radius 1 is 1.24 bits per heavy atom. The molecule has 0 aliphatic carbocycles. The summed E-state index contributed by atoms with van der Waals surface area (Å²) in [4.78, 5) is 39.3. The molecule has 0 radical (unpaired) electrons. The molecule has 0 unspecified atom stereocenters. The van der Waals surface area contributed by atoms with Gasteiger partial charge in [-0.2, -0.15) is 0 Å². The molecule has 110 valence electrons. The van der Waals surface area contributed by atoms with Crippen molar-refractivity contribution < 1.29 is 19.1 Å². The fourth-order valence-corrected chi connectivity index (χ4v) is 2.74. The number of carbonyl (C=O) groups excluding carboxylic acids is 3. The highest BCUT2D eigenvalue weighted by atomic mass is 16.5. The van der Waals surface area contributed by atoms with E-state index in [1.54, 1.807) is 17.0 Å². The molecule has 2 amide bonds. The van der Waals surface area contributed by atoms with E-state index in [-0.39, 0.29) is 12.5 Å².